The predicted molar refractivity (Wildman–Crippen MR) is 88.4 cm³/mol. The molecule has 1 aliphatic heterocycles. The number of amides is 1. The van der Waals surface area contributed by atoms with E-state index in [0.29, 0.717) is 41.9 Å². The van der Waals surface area contributed by atoms with Gasteiger partial charge in [-0.1, -0.05) is 6.92 Å². The summed E-state index contributed by atoms with van der Waals surface area (Å²) in [6, 6.07) is 1.39. The molecular formula is C17H18F4N4O. The van der Waals surface area contributed by atoms with Gasteiger partial charge in [0, 0.05) is 36.0 Å². The first-order valence-corrected chi connectivity index (χ1v) is 8.26. The fourth-order valence-electron chi connectivity index (χ4n) is 3.11. The molecule has 1 amide bonds. The van der Waals surface area contributed by atoms with Crippen LogP contribution in [0.1, 0.15) is 29.4 Å². The summed E-state index contributed by atoms with van der Waals surface area (Å²) in [6.07, 6.45) is -0.979. The second-order valence-corrected chi connectivity index (χ2v) is 6.13. The zero-order chi connectivity index (χ0) is 18.9. The van der Waals surface area contributed by atoms with E-state index in [1.165, 1.54) is 12.3 Å². The average Bonchev–Trinajstić information content (AvgIpc) is 3.21. The Morgan fingerprint density at radius 3 is 2.85 bits per heavy atom. The first-order chi connectivity index (χ1) is 12.3. The number of carbonyl (C=O) groups excluding carboxylic acids is 1. The summed E-state index contributed by atoms with van der Waals surface area (Å²) in [5.74, 6) is -0.717. The Kier molecular flexibility index (Phi) is 4.88. The Morgan fingerprint density at radius 2 is 2.15 bits per heavy atom. The minimum atomic E-state index is -4.48. The number of pyridine rings is 1. The molecule has 3 rings (SSSR count). The van der Waals surface area contributed by atoms with Crippen LogP contribution in [0, 0.1) is 5.82 Å². The number of halogens is 4. The molecule has 0 radical (unpaired) electrons. The van der Waals surface area contributed by atoms with Crippen LogP contribution in [0.5, 0.6) is 0 Å². The zero-order valence-corrected chi connectivity index (χ0v) is 14.1. The van der Waals surface area contributed by atoms with E-state index in [4.69, 9.17) is 0 Å². The number of alkyl halides is 3. The van der Waals surface area contributed by atoms with Gasteiger partial charge in [0.05, 0.1) is 6.20 Å². The molecule has 2 aromatic rings. The van der Waals surface area contributed by atoms with E-state index in [1.807, 2.05) is 0 Å². The lowest BCUT2D eigenvalue weighted by atomic mass is 10.0. The van der Waals surface area contributed by atoms with Gasteiger partial charge in [0.2, 0.25) is 0 Å². The maximum Gasteiger partial charge on any atom is 0.406 e. The summed E-state index contributed by atoms with van der Waals surface area (Å²) >= 11 is 0. The van der Waals surface area contributed by atoms with E-state index < -0.39 is 24.4 Å². The molecule has 140 valence electrons. The highest BCUT2D eigenvalue weighted by Crippen LogP contribution is 2.34. The standard InChI is InChI=1S/C17H18F4N4O/c1-2-5-25(9-17(19,20)21)16(26)13-6-10(7-23-13)14-11-3-4-22-15(11)24-8-12(14)18/h6-8,23H,2-5,9H2,1H3,(H,22,24). The molecule has 0 spiro atoms. The van der Waals surface area contributed by atoms with Crippen molar-refractivity contribution in [3.05, 3.63) is 35.5 Å². The molecule has 5 nitrogen and oxygen atoms in total. The fourth-order valence-corrected chi connectivity index (χ4v) is 3.11. The van der Waals surface area contributed by atoms with Crippen molar-refractivity contribution in [2.75, 3.05) is 25.0 Å². The van der Waals surface area contributed by atoms with Crippen molar-refractivity contribution in [1.29, 1.82) is 0 Å². The van der Waals surface area contributed by atoms with Crippen molar-refractivity contribution in [3.63, 3.8) is 0 Å². The van der Waals surface area contributed by atoms with Crippen LogP contribution in [0.4, 0.5) is 23.4 Å². The van der Waals surface area contributed by atoms with Crippen LogP contribution < -0.4 is 5.32 Å². The summed E-state index contributed by atoms with van der Waals surface area (Å²) in [5, 5.41) is 3.04. The van der Waals surface area contributed by atoms with Gasteiger partial charge in [0.15, 0.2) is 0 Å². The number of anilines is 1. The molecule has 1 aliphatic rings. The second kappa shape index (κ2) is 6.97. The zero-order valence-electron chi connectivity index (χ0n) is 14.1. The third-order valence-corrected chi connectivity index (χ3v) is 4.15. The SMILES string of the molecule is CCCN(CC(F)(F)F)C(=O)c1cc(-c2c(F)cnc3c2CCN3)c[nH]1. The van der Waals surface area contributed by atoms with Crippen LogP contribution in [-0.2, 0) is 6.42 Å². The number of fused-ring (bicyclic) bond motifs is 1. The number of hydrogen-bond donors (Lipinski definition) is 2. The molecule has 0 fully saturated rings. The minimum absolute atomic E-state index is 0.00591. The van der Waals surface area contributed by atoms with E-state index in [2.05, 4.69) is 15.3 Å². The Balaban J connectivity index is 1.90. The predicted octanol–water partition coefficient (Wildman–Crippen LogP) is 3.60. The Bertz CT molecular complexity index is 816. The lowest BCUT2D eigenvalue weighted by molar-refractivity contribution is -0.140. The lowest BCUT2D eigenvalue weighted by Crippen LogP contribution is -2.39. The van der Waals surface area contributed by atoms with Crippen LogP contribution in [0.25, 0.3) is 11.1 Å². The highest BCUT2D eigenvalue weighted by molar-refractivity contribution is 5.94. The van der Waals surface area contributed by atoms with Gasteiger partial charge in [-0.15, -0.1) is 0 Å². The van der Waals surface area contributed by atoms with Gasteiger partial charge in [0.1, 0.15) is 23.9 Å². The molecule has 0 aromatic carbocycles. The largest absolute Gasteiger partial charge is 0.406 e. The Morgan fingerprint density at radius 1 is 1.38 bits per heavy atom. The Labute approximate surface area is 147 Å². The van der Waals surface area contributed by atoms with E-state index >= 15 is 0 Å². The molecule has 3 heterocycles. The monoisotopic (exact) mass is 370 g/mol. The van der Waals surface area contributed by atoms with Crippen LogP contribution >= 0.6 is 0 Å². The summed E-state index contributed by atoms with van der Waals surface area (Å²) in [4.78, 5) is 19.9. The number of nitrogens with zero attached hydrogens (tertiary/aromatic N) is 2. The number of aromatic amines is 1. The van der Waals surface area contributed by atoms with E-state index in [-0.39, 0.29) is 12.2 Å². The molecule has 0 unspecified atom stereocenters. The van der Waals surface area contributed by atoms with Gasteiger partial charge < -0.3 is 15.2 Å². The quantitative estimate of drug-likeness (QED) is 0.791. The van der Waals surface area contributed by atoms with Crippen molar-refractivity contribution in [3.8, 4) is 11.1 Å². The number of carbonyl (C=O) groups is 1. The number of aromatic nitrogens is 2. The fraction of sp³-hybridized carbons (Fsp3) is 0.412. The lowest BCUT2D eigenvalue weighted by Gasteiger charge is -2.22. The molecule has 9 heteroatoms. The third-order valence-electron chi connectivity index (χ3n) is 4.15. The van der Waals surface area contributed by atoms with Gasteiger partial charge in [-0.05, 0) is 18.9 Å². The maximum absolute atomic E-state index is 14.3. The number of H-pyrrole nitrogens is 1. The number of nitrogens with one attached hydrogen (secondary N) is 2. The van der Waals surface area contributed by atoms with Gasteiger partial charge in [-0.2, -0.15) is 13.2 Å². The Hall–Kier alpha value is -2.58. The molecule has 0 atom stereocenters. The number of hydrogen-bond acceptors (Lipinski definition) is 3. The van der Waals surface area contributed by atoms with Crippen LogP contribution in [-0.4, -0.2) is 46.6 Å². The third kappa shape index (κ3) is 3.66. The first-order valence-electron chi connectivity index (χ1n) is 8.26. The normalized spacial score (nSPS) is 13.4. The summed E-state index contributed by atoms with van der Waals surface area (Å²) in [5.41, 5.74) is 1.42. The molecule has 0 saturated carbocycles. The first kappa shape index (κ1) is 18.2. The molecular weight excluding hydrogens is 352 g/mol. The molecule has 0 bridgehead atoms. The van der Waals surface area contributed by atoms with Gasteiger partial charge >= 0.3 is 6.18 Å². The summed E-state index contributed by atoms with van der Waals surface area (Å²) in [6.45, 7) is 0.983. The van der Waals surface area contributed by atoms with Crippen LogP contribution in [0.3, 0.4) is 0 Å². The minimum Gasteiger partial charge on any atom is -0.369 e. The van der Waals surface area contributed by atoms with Crippen molar-refractivity contribution in [2.45, 2.75) is 25.9 Å². The van der Waals surface area contributed by atoms with E-state index in [0.717, 1.165) is 11.1 Å². The topological polar surface area (TPSA) is 61.0 Å². The smallest absolute Gasteiger partial charge is 0.369 e. The summed E-state index contributed by atoms with van der Waals surface area (Å²) < 4.78 is 52.4. The highest BCUT2D eigenvalue weighted by Gasteiger charge is 2.33. The maximum atomic E-state index is 14.3. The van der Waals surface area contributed by atoms with Crippen molar-refractivity contribution in [2.24, 2.45) is 0 Å². The van der Waals surface area contributed by atoms with Crippen LogP contribution in [0.15, 0.2) is 18.5 Å². The molecule has 0 aliphatic carbocycles. The van der Waals surface area contributed by atoms with Gasteiger partial charge in [-0.3, -0.25) is 4.79 Å². The number of rotatable bonds is 5. The van der Waals surface area contributed by atoms with Crippen molar-refractivity contribution < 1.29 is 22.4 Å². The van der Waals surface area contributed by atoms with Crippen molar-refractivity contribution >= 4 is 11.7 Å². The van der Waals surface area contributed by atoms with Crippen LogP contribution in [0.2, 0.25) is 0 Å². The average molecular weight is 370 g/mol. The van der Waals surface area contributed by atoms with Gasteiger partial charge in [0.25, 0.3) is 5.91 Å². The van der Waals surface area contributed by atoms with E-state index in [9.17, 15) is 22.4 Å². The van der Waals surface area contributed by atoms with Crippen molar-refractivity contribution in [1.82, 2.24) is 14.9 Å². The summed E-state index contributed by atoms with van der Waals surface area (Å²) in [7, 11) is 0. The second-order valence-electron chi connectivity index (χ2n) is 6.13. The van der Waals surface area contributed by atoms with E-state index in [1.54, 1.807) is 6.92 Å². The molecule has 26 heavy (non-hydrogen) atoms. The molecule has 0 saturated heterocycles. The molecule has 2 N–H and O–H groups in total. The van der Waals surface area contributed by atoms with Gasteiger partial charge in [-0.25, -0.2) is 9.37 Å². The highest BCUT2D eigenvalue weighted by atomic mass is 19.4. The molecule has 2 aromatic heterocycles.